The standard InChI is InChI=1S/C58H44BN5O.Pt/c1-58(2,3)42-36-34-41(35-37-42)47-26-15-25-46(40-18-6-4-7-19-40)56(47)62-39-61(51-29-12-13-30-52(51)62)44-22-14-23-45(38-44)65-55-33-17-32-54(60-55)63-53-31-16-27-49-48-24-10-11-28-50(48)64(57(49)53)59(63)43-20-8-5-9-21-43;/h4-38H,1-3H3;. The summed E-state index contributed by atoms with van der Waals surface area (Å²) < 4.78 is 15.0. The quantitative estimate of drug-likeness (QED) is 0.142. The Morgan fingerprint density at radius 3 is 1.88 bits per heavy atom. The summed E-state index contributed by atoms with van der Waals surface area (Å²) in [5, 5.41) is 2.49. The van der Waals surface area contributed by atoms with Crippen molar-refractivity contribution >= 4 is 56.8 Å². The number of para-hydroxylation sites is 5. The third-order valence-corrected chi connectivity index (χ3v) is 13.9. The van der Waals surface area contributed by atoms with E-state index in [1.54, 1.807) is 0 Å². The van der Waals surface area contributed by atoms with Gasteiger partial charge in [0, 0.05) is 16.3 Å². The summed E-state index contributed by atoms with van der Waals surface area (Å²) >= 11 is 2.51. The SMILES string of the molecule is CC(C)(C)c1ccc(-c2cccc(-c3ccccc3)c2-n2[c](=[Pt])n(-c3cccc(Oc4cccc(N5B(c6ccccc6)n6c7ccccc7c7cccc5c76)n4)c3)c3ccccc32)cc1. The summed E-state index contributed by atoms with van der Waals surface area (Å²) in [6.07, 6.45) is 0. The summed E-state index contributed by atoms with van der Waals surface area (Å²) in [7, 11) is 0. The summed E-state index contributed by atoms with van der Waals surface area (Å²) in [6, 6.07) is 75.6. The fraction of sp³-hybridized carbons (Fsp3) is 0.0690. The zero-order chi connectivity index (χ0) is 44.5. The van der Waals surface area contributed by atoms with Crippen LogP contribution in [0.1, 0.15) is 26.3 Å². The second kappa shape index (κ2) is 15.9. The topological polar surface area (TPSA) is 40.1 Å². The molecule has 0 saturated carbocycles. The van der Waals surface area contributed by atoms with Crippen LogP contribution in [0.5, 0.6) is 11.6 Å². The van der Waals surface area contributed by atoms with Gasteiger partial charge in [-0.1, -0.05) is 60.7 Å². The molecular weight excluding hydrogens is 989 g/mol. The summed E-state index contributed by atoms with van der Waals surface area (Å²) in [5.41, 5.74) is 15.0. The van der Waals surface area contributed by atoms with Crippen molar-refractivity contribution in [3.8, 4) is 45.3 Å². The summed E-state index contributed by atoms with van der Waals surface area (Å²) in [6.45, 7) is 6.66. The van der Waals surface area contributed by atoms with Crippen molar-refractivity contribution < 1.29 is 24.1 Å². The Kier molecular flexibility index (Phi) is 9.66. The molecule has 0 N–H and O–H groups in total. The van der Waals surface area contributed by atoms with E-state index in [-0.39, 0.29) is 12.4 Å². The van der Waals surface area contributed by atoms with Crippen LogP contribution < -0.4 is 15.0 Å². The van der Waals surface area contributed by atoms with Crippen molar-refractivity contribution in [3.05, 3.63) is 222 Å². The Hall–Kier alpha value is -7.47. The fourth-order valence-corrected chi connectivity index (χ4v) is 11.0. The number of imidazole rings is 1. The van der Waals surface area contributed by atoms with E-state index in [2.05, 4.69) is 253 Å². The molecule has 8 aromatic carbocycles. The molecule has 11 aromatic rings. The Balaban J connectivity index is 0.958. The van der Waals surface area contributed by atoms with Crippen LogP contribution in [0.15, 0.2) is 212 Å². The molecule has 3 aromatic heterocycles. The zero-order valence-corrected chi connectivity index (χ0v) is 39.0. The molecule has 0 fully saturated rings. The number of pyridine rings is 1. The van der Waals surface area contributed by atoms with Crippen molar-refractivity contribution in [1.29, 1.82) is 0 Å². The van der Waals surface area contributed by atoms with Crippen LogP contribution in [0.25, 0.3) is 66.5 Å². The van der Waals surface area contributed by atoms with E-state index >= 15 is 0 Å². The molecule has 1 aliphatic heterocycles. The van der Waals surface area contributed by atoms with Crippen LogP contribution in [-0.2, 0) is 24.8 Å². The van der Waals surface area contributed by atoms with Crippen molar-refractivity contribution in [2.45, 2.75) is 26.2 Å². The number of hydrogen-bond donors (Lipinski definition) is 0. The molecule has 0 bridgehead atoms. The van der Waals surface area contributed by atoms with Gasteiger partial charge in [0.05, 0.1) is 0 Å². The predicted molar refractivity (Wildman–Crippen MR) is 269 cm³/mol. The first-order valence-corrected chi connectivity index (χ1v) is 23.5. The van der Waals surface area contributed by atoms with E-state index in [4.69, 9.17) is 9.72 Å². The predicted octanol–water partition coefficient (Wildman–Crippen LogP) is 13.8. The fourth-order valence-electron chi connectivity index (χ4n) is 9.89. The first-order chi connectivity index (χ1) is 32.3. The minimum absolute atomic E-state index is 0.0551. The van der Waals surface area contributed by atoms with Gasteiger partial charge in [0.2, 0.25) is 0 Å². The van der Waals surface area contributed by atoms with Crippen LogP contribution in [0.2, 0.25) is 0 Å². The molecule has 6 nitrogen and oxygen atoms in total. The van der Waals surface area contributed by atoms with Gasteiger partial charge in [0.1, 0.15) is 0 Å². The number of anilines is 2. The average molecular weight is 1030 g/mol. The number of hydrogen-bond acceptors (Lipinski definition) is 3. The molecule has 66 heavy (non-hydrogen) atoms. The number of fused-ring (bicyclic) bond motifs is 4. The Bertz CT molecular complexity index is 3700. The molecule has 0 unspecified atom stereocenters. The molecule has 1 aliphatic rings. The van der Waals surface area contributed by atoms with Crippen LogP contribution in [0.3, 0.4) is 0 Å². The molecular formula is C58H44BN5OPt. The van der Waals surface area contributed by atoms with E-state index < -0.39 is 0 Å². The number of aromatic nitrogens is 4. The molecule has 0 saturated heterocycles. The number of rotatable bonds is 8. The summed E-state index contributed by atoms with van der Waals surface area (Å²) in [4.78, 5) is 7.59. The van der Waals surface area contributed by atoms with Crippen molar-refractivity contribution in [3.63, 3.8) is 0 Å². The van der Waals surface area contributed by atoms with E-state index in [0.717, 1.165) is 54.4 Å². The molecule has 12 rings (SSSR count). The van der Waals surface area contributed by atoms with E-state index in [0.29, 0.717) is 11.6 Å². The maximum absolute atomic E-state index is 6.75. The van der Waals surface area contributed by atoms with E-state index in [1.165, 1.54) is 38.4 Å². The van der Waals surface area contributed by atoms with Gasteiger partial charge < -0.3 is 0 Å². The Morgan fingerprint density at radius 1 is 0.530 bits per heavy atom. The number of benzene rings is 8. The normalized spacial score (nSPS) is 12.5. The Morgan fingerprint density at radius 2 is 1.14 bits per heavy atom. The van der Waals surface area contributed by atoms with Gasteiger partial charge >= 0.3 is 314 Å². The van der Waals surface area contributed by atoms with Gasteiger partial charge in [-0.2, -0.15) is 0 Å². The first kappa shape index (κ1) is 40.1. The summed E-state index contributed by atoms with van der Waals surface area (Å²) in [5.74, 6) is 2.03. The second-order valence-electron chi connectivity index (χ2n) is 17.9. The molecule has 4 heterocycles. The van der Waals surface area contributed by atoms with Crippen molar-refractivity contribution in [1.82, 2.24) is 18.6 Å². The minimum atomic E-state index is -0.136. The molecule has 320 valence electrons. The van der Waals surface area contributed by atoms with Crippen LogP contribution in [0, 0.1) is 3.80 Å². The number of ether oxygens (including phenoxy) is 1. The molecule has 0 atom stereocenters. The molecule has 0 radical (unpaired) electrons. The average Bonchev–Trinajstić information content (AvgIpc) is 3.98. The van der Waals surface area contributed by atoms with Gasteiger partial charge in [-0.25, -0.2) is 0 Å². The molecule has 0 spiro atoms. The third kappa shape index (κ3) is 6.60. The second-order valence-corrected chi connectivity index (χ2v) is 19.0. The van der Waals surface area contributed by atoms with Gasteiger partial charge in [-0.3, -0.25) is 0 Å². The Labute approximate surface area is 395 Å². The first-order valence-electron chi connectivity index (χ1n) is 22.4. The molecule has 0 amide bonds. The zero-order valence-electron chi connectivity index (χ0n) is 36.7. The maximum atomic E-state index is 6.75. The third-order valence-electron chi connectivity index (χ3n) is 12.9. The molecule has 8 heteroatoms. The van der Waals surface area contributed by atoms with Crippen LogP contribution in [0.4, 0.5) is 11.5 Å². The van der Waals surface area contributed by atoms with Crippen molar-refractivity contribution in [2.75, 3.05) is 4.81 Å². The monoisotopic (exact) mass is 1030 g/mol. The van der Waals surface area contributed by atoms with Crippen molar-refractivity contribution in [2.24, 2.45) is 0 Å². The van der Waals surface area contributed by atoms with E-state index in [1.807, 2.05) is 18.2 Å². The van der Waals surface area contributed by atoms with E-state index in [9.17, 15) is 0 Å². The van der Waals surface area contributed by atoms with Gasteiger partial charge in [0.25, 0.3) is 0 Å². The van der Waals surface area contributed by atoms with Gasteiger partial charge in [-0.05, 0) is 6.07 Å². The number of nitrogens with zero attached hydrogens (tertiary/aromatic N) is 5. The van der Waals surface area contributed by atoms with Crippen LogP contribution in [-0.4, -0.2) is 25.6 Å². The molecule has 0 aliphatic carbocycles. The van der Waals surface area contributed by atoms with Gasteiger partial charge in [0.15, 0.2) is 0 Å². The van der Waals surface area contributed by atoms with Gasteiger partial charge in [-0.15, -0.1) is 0 Å². The van der Waals surface area contributed by atoms with Crippen LogP contribution >= 0.6 is 0 Å².